The first-order chi connectivity index (χ1) is 10.2. The van der Waals surface area contributed by atoms with Gasteiger partial charge in [0.05, 0.1) is 12.9 Å². The number of thioether (sulfide) groups is 1. The molecule has 0 aliphatic heterocycles. The fourth-order valence-electron chi connectivity index (χ4n) is 2.04. The lowest BCUT2D eigenvalue weighted by atomic mass is 10.1. The summed E-state index contributed by atoms with van der Waals surface area (Å²) in [5, 5.41) is 12.2. The van der Waals surface area contributed by atoms with Crippen molar-refractivity contribution in [3.8, 4) is 5.69 Å². The Labute approximate surface area is 128 Å². The molecule has 2 rings (SSSR count). The molecule has 0 saturated carbocycles. The molecule has 1 aromatic carbocycles. The van der Waals surface area contributed by atoms with Crippen LogP contribution in [0, 0.1) is 0 Å². The summed E-state index contributed by atoms with van der Waals surface area (Å²) in [5.41, 5.74) is 1.47. The molecule has 0 aliphatic rings. The summed E-state index contributed by atoms with van der Waals surface area (Å²) >= 11 is 1.54. The van der Waals surface area contributed by atoms with Crippen LogP contribution in [0.4, 0.5) is 0 Å². The van der Waals surface area contributed by atoms with Gasteiger partial charge in [0.1, 0.15) is 0 Å². The maximum Gasteiger partial charge on any atom is 0.251 e. The van der Waals surface area contributed by atoms with Gasteiger partial charge in [0, 0.05) is 34.9 Å². The Morgan fingerprint density at radius 1 is 1.52 bits per heavy atom. The smallest absolute Gasteiger partial charge is 0.251 e. The highest BCUT2D eigenvalue weighted by molar-refractivity contribution is 7.99. The summed E-state index contributed by atoms with van der Waals surface area (Å²) in [4.78, 5) is 16.3. The van der Waals surface area contributed by atoms with Gasteiger partial charge in [0.15, 0.2) is 0 Å². The van der Waals surface area contributed by atoms with E-state index in [4.69, 9.17) is 0 Å². The zero-order valence-corrected chi connectivity index (χ0v) is 12.9. The van der Waals surface area contributed by atoms with Crippen LogP contribution in [-0.2, 0) is 0 Å². The Morgan fingerprint density at radius 3 is 2.95 bits per heavy atom. The second-order valence-corrected chi connectivity index (χ2v) is 5.82. The van der Waals surface area contributed by atoms with Crippen LogP contribution in [0.5, 0.6) is 0 Å². The first-order valence-corrected chi connectivity index (χ1v) is 7.97. The molecule has 0 bridgehead atoms. The molecule has 0 saturated heterocycles. The number of carbonyl (C=O) groups is 1. The molecule has 6 heteroatoms. The van der Waals surface area contributed by atoms with Gasteiger partial charge in [-0.15, -0.1) is 0 Å². The van der Waals surface area contributed by atoms with Gasteiger partial charge in [-0.2, -0.15) is 11.8 Å². The van der Waals surface area contributed by atoms with Crippen molar-refractivity contribution in [2.75, 3.05) is 12.9 Å². The van der Waals surface area contributed by atoms with Crippen molar-refractivity contribution in [2.45, 2.75) is 18.2 Å². The molecule has 21 heavy (non-hydrogen) atoms. The fraction of sp³-hybridized carbons (Fsp3) is 0.333. The van der Waals surface area contributed by atoms with Crippen LogP contribution in [0.25, 0.3) is 5.69 Å². The minimum atomic E-state index is -0.142. The standard InChI is InChI=1S/C15H19N3O2S/c1-11(14(9-19)21-2)17-15(20)12-4-3-5-13(8-12)18-7-6-16-10-18/h3-8,10-11,14,19H,9H2,1-2H3,(H,17,20). The first kappa shape index (κ1) is 15.6. The lowest BCUT2D eigenvalue weighted by molar-refractivity contribution is 0.0936. The fourth-order valence-corrected chi connectivity index (χ4v) is 2.66. The van der Waals surface area contributed by atoms with Gasteiger partial charge in [-0.05, 0) is 31.4 Å². The van der Waals surface area contributed by atoms with Crippen LogP contribution in [0.1, 0.15) is 17.3 Å². The Hall–Kier alpha value is -1.79. The maximum atomic E-state index is 12.3. The van der Waals surface area contributed by atoms with Gasteiger partial charge in [0.2, 0.25) is 0 Å². The van der Waals surface area contributed by atoms with Crippen molar-refractivity contribution in [3.05, 3.63) is 48.5 Å². The van der Waals surface area contributed by atoms with E-state index in [1.54, 1.807) is 18.6 Å². The SMILES string of the molecule is CSC(CO)C(C)NC(=O)c1cccc(-n2ccnc2)c1. The van der Waals surface area contributed by atoms with E-state index >= 15 is 0 Å². The molecule has 112 valence electrons. The van der Waals surface area contributed by atoms with Gasteiger partial charge < -0.3 is 15.0 Å². The quantitative estimate of drug-likeness (QED) is 0.852. The minimum Gasteiger partial charge on any atom is -0.395 e. The van der Waals surface area contributed by atoms with Crippen molar-refractivity contribution in [3.63, 3.8) is 0 Å². The van der Waals surface area contributed by atoms with Gasteiger partial charge in [-0.1, -0.05) is 6.07 Å². The summed E-state index contributed by atoms with van der Waals surface area (Å²) in [7, 11) is 0. The van der Waals surface area contributed by atoms with Crippen molar-refractivity contribution >= 4 is 17.7 Å². The molecule has 0 fully saturated rings. The van der Waals surface area contributed by atoms with Crippen molar-refractivity contribution in [1.29, 1.82) is 0 Å². The summed E-state index contributed by atoms with van der Waals surface area (Å²) in [6, 6.07) is 7.24. The van der Waals surface area contributed by atoms with Crippen LogP contribution in [-0.4, -0.2) is 44.7 Å². The number of hydrogen-bond donors (Lipinski definition) is 2. The van der Waals surface area contributed by atoms with E-state index in [1.807, 2.05) is 42.1 Å². The molecule has 5 nitrogen and oxygen atoms in total. The average molecular weight is 305 g/mol. The van der Waals surface area contributed by atoms with Crippen LogP contribution in [0.2, 0.25) is 0 Å². The largest absolute Gasteiger partial charge is 0.395 e. The number of carbonyl (C=O) groups excluding carboxylic acids is 1. The maximum absolute atomic E-state index is 12.3. The van der Waals surface area contributed by atoms with Crippen LogP contribution in [0.15, 0.2) is 43.0 Å². The number of aliphatic hydroxyl groups excluding tert-OH is 1. The van der Waals surface area contributed by atoms with E-state index in [-0.39, 0.29) is 23.8 Å². The van der Waals surface area contributed by atoms with Gasteiger partial charge in [0.25, 0.3) is 5.91 Å². The van der Waals surface area contributed by atoms with E-state index in [0.29, 0.717) is 5.56 Å². The number of hydrogen-bond acceptors (Lipinski definition) is 4. The normalized spacial score (nSPS) is 13.7. The molecule has 2 aromatic rings. The van der Waals surface area contributed by atoms with Crippen LogP contribution >= 0.6 is 11.8 Å². The number of imidazole rings is 1. The van der Waals surface area contributed by atoms with Crippen molar-refractivity contribution < 1.29 is 9.90 Å². The molecule has 1 amide bonds. The van der Waals surface area contributed by atoms with Gasteiger partial charge in [-0.3, -0.25) is 4.79 Å². The molecular weight excluding hydrogens is 286 g/mol. The lowest BCUT2D eigenvalue weighted by Gasteiger charge is -2.21. The predicted molar refractivity (Wildman–Crippen MR) is 84.9 cm³/mol. The number of nitrogens with zero attached hydrogens (tertiary/aromatic N) is 2. The molecule has 1 heterocycles. The predicted octanol–water partition coefficient (Wildman–Crippen LogP) is 1.71. The Kier molecular flexibility index (Phi) is 5.41. The van der Waals surface area contributed by atoms with E-state index < -0.39 is 0 Å². The Morgan fingerprint density at radius 2 is 2.33 bits per heavy atom. The highest BCUT2D eigenvalue weighted by atomic mass is 32.2. The number of amides is 1. The highest BCUT2D eigenvalue weighted by Gasteiger charge is 2.18. The van der Waals surface area contributed by atoms with Crippen molar-refractivity contribution in [2.24, 2.45) is 0 Å². The summed E-state index contributed by atoms with van der Waals surface area (Å²) < 4.78 is 1.85. The van der Waals surface area contributed by atoms with E-state index in [9.17, 15) is 9.90 Å². The third-order valence-corrected chi connectivity index (χ3v) is 4.47. The molecule has 1 aromatic heterocycles. The van der Waals surface area contributed by atoms with E-state index in [1.165, 1.54) is 11.8 Å². The number of rotatable bonds is 6. The second kappa shape index (κ2) is 7.28. The monoisotopic (exact) mass is 305 g/mol. The molecule has 2 unspecified atom stereocenters. The Bertz CT molecular complexity index is 582. The summed E-state index contributed by atoms with van der Waals surface area (Å²) in [6.07, 6.45) is 7.13. The molecule has 2 N–H and O–H groups in total. The summed E-state index contributed by atoms with van der Waals surface area (Å²) in [5.74, 6) is -0.142. The van der Waals surface area contributed by atoms with Gasteiger partial charge >= 0.3 is 0 Å². The number of aromatic nitrogens is 2. The lowest BCUT2D eigenvalue weighted by Crippen LogP contribution is -2.41. The third kappa shape index (κ3) is 3.86. The molecular formula is C15H19N3O2S. The highest BCUT2D eigenvalue weighted by Crippen LogP contribution is 2.13. The molecule has 2 atom stereocenters. The zero-order chi connectivity index (χ0) is 15.2. The number of nitrogens with one attached hydrogen (secondary N) is 1. The van der Waals surface area contributed by atoms with Crippen LogP contribution in [0.3, 0.4) is 0 Å². The molecule has 0 spiro atoms. The zero-order valence-electron chi connectivity index (χ0n) is 12.1. The number of benzene rings is 1. The first-order valence-electron chi connectivity index (χ1n) is 6.68. The van der Waals surface area contributed by atoms with E-state index in [0.717, 1.165) is 5.69 Å². The van der Waals surface area contributed by atoms with Crippen LogP contribution < -0.4 is 5.32 Å². The third-order valence-electron chi connectivity index (χ3n) is 3.31. The van der Waals surface area contributed by atoms with Crippen molar-refractivity contribution in [1.82, 2.24) is 14.9 Å². The summed E-state index contributed by atoms with van der Waals surface area (Å²) in [6.45, 7) is 1.94. The second-order valence-electron chi connectivity index (χ2n) is 4.74. The Balaban J connectivity index is 2.11. The molecule has 0 radical (unpaired) electrons. The minimum absolute atomic E-state index is 0.00854. The number of aliphatic hydroxyl groups is 1. The molecule has 0 aliphatic carbocycles. The van der Waals surface area contributed by atoms with Gasteiger partial charge in [-0.25, -0.2) is 4.98 Å². The topological polar surface area (TPSA) is 67.2 Å². The van der Waals surface area contributed by atoms with E-state index in [2.05, 4.69) is 10.3 Å². The average Bonchev–Trinajstić information content (AvgIpc) is 3.03.